The van der Waals surface area contributed by atoms with Crippen molar-refractivity contribution in [2.24, 2.45) is 5.41 Å². The lowest BCUT2D eigenvalue weighted by molar-refractivity contribution is 0.173. The Labute approximate surface area is 102 Å². The predicted molar refractivity (Wildman–Crippen MR) is 65.8 cm³/mol. The second kappa shape index (κ2) is 3.50. The molecule has 1 spiro atoms. The molecule has 0 aromatic heterocycles. The minimum absolute atomic E-state index is 0.207. The molecule has 2 aliphatic carbocycles. The Morgan fingerprint density at radius 2 is 1.88 bits per heavy atom. The molecule has 0 radical (unpaired) electrons. The third kappa shape index (κ3) is 1.61. The van der Waals surface area contributed by atoms with Gasteiger partial charge in [-0.05, 0) is 55.7 Å². The fourth-order valence-electron chi connectivity index (χ4n) is 3.14. The van der Waals surface area contributed by atoms with Gasteiger partial charge in [-0.3, -0.25) is 0 Å². The summed E-state index contributed by atoms with van der Waals surface area (Å²) in [4.78, 5) is 0. The molecular formula is C15H17NO. The van der Waals surface area contributed by atoms with E-state index in [-0.39, 0.29) is 5.41 Å². The fraction of sp³-hybridized carbons (Fsp3) is 0.533. The summed E-state index contributed by atoms with van der Waals surface area (Å²) in [6, 6.07) is 10.6. The van der Waals surface area contributed by atoms with E-state index < -0.39 is 0 Å². The Kier molecular flexibility index (Phi) is 2.19. The average Bonchev–Trinajstić information content (AvgIpc) is 3.08. The van der Waals surface area contributed by atoms with Crippen LogP contribution in [0.3, 0.4) is 0 Å². The lowest BCUT2D eigenvalue weighted by atomic mass is 9.57. The molecule has 2 heteroatoms. The van der Waals surface area contributed by atoms with Crippen molar-refractivity contribution in [3.05, 3.63) is 29.8 Å². The summed E-state index contributed by atoms with van der Waals surface area (Å²) in [7, 11) is 0. The zero-order valence-corrected chi connectivity index (χ0v) is 10.2. The van der Waals surface area contributed by atoms with Gasteiger partial charge < -0.3 is 4.74 Å². The lowest BCUT2D eigenvalue weighted by Gasteiger charge is -2.44. The molecule has 2 fully saturated rings. The maximum atomic E-state index is 9.44. The molecule has 1 aromatic carbocycles. The summed E-state index contributed by atoms with van der Waals surface area (Å²) in [5, 5.41) is 9.44. The van der Waals surface area contributed by atoms with E-state index in [1.54, 1.807) is 0 Å². The maximum absolute atomic E-state index is 9.44. The minimum Gasteiger partial charge on any atom is -0.494 e. The van der Waals surface area contributed by atoms with Crippen LogP contribution in [0.2, 0.25) is 0 Å². The molecule has 2 saturated carbocycles. The molecule has 3 rings (SSSR count). The Morgan fingerprint density at radius 1 is 1.24 bits per heavy atom. The molecule has 0 bridgehead atoms. The van der Waals surface area contributed by atoms with Gasteiger partial charge in [0.1, 0.15) is 5.75 Å². The van der Waals surface area contributed by atoms with E-state index in [9.17, 15) is 5.26 Å². The van der Waals surface area contributed by atoms with Gasteiger partial charge in [0.15, 0.2) is 0 Å². The fourth-order valence-corrected chi connectivity index (χ4v) is 3.14. The molecule has 88 valence electrons. The van der Waals surface area contributed by atoms with Gasteiger partial charge in [-0.25, -0.2) is 0 Å². The zero-order valence-electron chi connectivity index (χ0n) is 10.2. The van der Waals surface area contributed by atoms with Gasteiger partial charge in [0, 0.05) is 0 Å². The van der Waals surface area contributed by atoms with Crippen molar-refractivity contribution < 1.29 is 4.74 Å². The average molecular weight is 227 g/mol. The van der Waals surface area contributed by atoms with Crippen molar-refractivity contribution in [3.63, 3.8) is 0 Å². The highest BCUT2D eigenvalue weighted by Crippen LogP contribution is 2.68. The van der Waals surface area contributed by atoms with Crippen molar-refractivity contribution in [3.8, 4) is 11.8 Å². The molecular weight excluding hydrogens is 210 g/mol. The Balaban J connectivity index is 1.81. The van der Waals surface area contributed by atoms with Crippen LogP contribution in [-0.2, 0) is 5.41 Å². The summed E-state index contributed by atoms with van der Waals surface area (Å²) in [5.74, 6) is 0.893. The topological polar surface area (TPSA) is 33.0 Å². The van der Waals surface area contributed by atoms with E-state index in [2.05, 4.69) is 18.2 Å². The number of ether oxygens (including phenoxy) is 1. The van der Waals surface area contributed by atoms with E-state index in [0.29, 0.717) is 12.0 Å². The van der Waals surface area contributed by atoms with Crippen LogP contribution in [0.25, 0.3) is 0 Å². The van der Waals surface area contributed by atoms with E-state index in [4.69, 9.17) is 4.74 Å². The number of hydrogen-bond acceptors (Lipinski definition) is 2. The smallest absolute Gasteiger partial charge is 0.119 e. The van der Waals surface area contributed by atoms with Gasteiger partial charge in [-0.2, -0.15) is 5.26 Å². The van der Waals surface area contributed by atoms with Crippen LogP contribution >= 0.6 is 0 Å². The van der Waals surface area contributed by atoms with Crippen LogP contribution in [0, 0.1) is 16.7 Å². The van der Waals surface area contributed by atoms with Crippen molar-refractivity contribution in [2.75, 3.05) is 6.61 Å². The Hall–Kier alpha value is -1.49. The minimum atomic E-state index is -0.207. The van der Waals surface area contributed by atoms with Crippen LogP contribution in [0.4, 0.5) is 0 Å². The summed E-state index contributed by atoms with van der Waals surface area (Å²) in [5.41, 5.74) is 1.51. The first-order valence-electron chi connectivity index (χ1n) is 6.37. The highest BCUT2D eigenvalue weighted by Gasteiger charge is 2.61. The van der Waals surface area contributed by atoms with Gasteiger partial charge in [-0.1, -0.05) is 12.1 Å². The monoisotopic (exact) mass is 227 g/mol. The summed E-state index contributed by atoms with van der Waals surface area (Å²) >= 11 is 0. The molecule has 0 aliphatic heterocycles. The van der Waals surface area contributed by atoms with Crippen molar-refractivity contribution in [2.45, 2.75) is 38.0 Å². The highest BCUT2D eigenvalue weighted by atomic mass is 16.5. The van der Waals surface area contributed by atoms with Gasteiger partial charge in [-0.15, -0.1) is 0 Å². The Morgan fingerprint density at radius 3 is 2.35 bits per heavy atom. The molecule has 0 heterocycles. The zero-order chi connectivity index (χ0) is 11.9. The quantitative estimate of drug-likeness (QED) is 0.792. The number of hydrogen-bond donors (Lipinski definition) is 0. The first-order chi connectivity index (χ1) is 8.22. The first-order valence-corrected chi connectivity index (χ1v) is 6.37. The Bertz CT molecular complexity index is 457. The molecule has 0 unspecified atom stereocenters. The van der Waals surface area contributed by atoms with Crippen LogP contribution in [-0.4, -0.2) is 6.61 Å². The van der Waals surface area contributed by atoms with Crippen LogP contribution < -0.4 is 4.74 Å². The maximum Gasteiger partial charge on any atom is 0.119 e. The molecule has 0 amide bonds. The van der Waals surface area contributed by atoms with E-state index in [1.807, 2.05) is 19.1 Å². The molecule has 0 atom stereocenters. The van der Waals surface area contributed by atoms with Gasteiger partial charge >= 0.3 is 0 Å². The molecule has 0 N–H and O–H groups in total. The number of rotatable bonds is 3. The summed E-state index contributed by atoms with van der Waals surface area (Å²) < 4.78 is 5.43. The molecule has 2 aliphatic rings. The summed E-state index contributed by atoms with van der Waals surface area (Å²) in [6.45, 7) is 2.67. The molecule has 2 nitrogen and oxygen atoms in total. The number of nitrogens with zero attached hydrogens (tertiary/aromatic N) is 1. The van der Waals surface area contributed by atoms with Gasteiger partial charge in [0.2, 0.25) is 0 Å². The lowest BCUT2D eigenvalue weighted by Crippen LogP contribution is -2.41. The standard InChI is InChI=1S/C15H17NO/c1-2-17-13-5-3-12(4-6-13)15(11-16)9-14(10-15)7-8-14/h3-6H,2,7-10H2,1H3. The van der Waals surface area contributed by atoms with Gasteiger partial charge in [0.25, 0.3) is 0 Å². The van der Waals surface area contributed by atoms with E-state index in [1.165, 1.54) is 18.4 Å². The van der Waals surface area contributed by atoms with E-state index in [0.717, 1.165) is 18.6 Å². The first kappa shape index (κ1) is 10.7. The highest BCUT2D eigenvalue weighted by molar-refractivity contribution is 5.42. The molecule has 17 heavy (non-hydrogen) atoms. The third-order valence-corrected chi connectivity index (χ3v) is 4.24. The van der Waals surface area contributed by atoms with Crippen molar-refractivity contribution in [1.82, 2.24) is 0 Å². The van der Waals surface area contributed by atoms with Crippen LogP contribution in [0.15, 0.2) is 24.3 Å². The third-order valence-electron chi connectivity index (χ3n) is 4.24. The summed E-state index contributed by atoms with van der Waals surface area (Å²) in [6.07, 6.45) is 4.77. The molecule has 1 aromatic rings. The SMILES string of the molecule is CCOc1ccc(C2(C#N)CC3(CC3)C2)cc1. The van der Waals surface area contributed by atoms with Crippen molar-refractivity contribution in [1.29, 1.82) is 5.26 Å². The normalized spacial score (nSPS) is 22.6. The number of nitriles is 1. The van der Waals surface area contributed by atoms with Gasteiger partial charge in [0.05, 0.1) is 18.1 Å². The second-order valence-corrected chi connectivity index (χ2v) is 5.50. The largest absolute Gasteiger partial charge is 0.494 e. The van der Waals surface area contributed by atoms with Crippen molar-refractivity contribution >= 4 is 0 Å². The van der Waals surface area contributed by atoms with Crippen LogP contribution in [0.5, 0.6) is 5.75 Å². The van der Waals surface area contributed by atoms with E-state index >= 15 is 0 Å². The van der Waals surface area contributed by atoms with Crippen LogP contribution in [0.1, 0.15) is 38.2 Å². The molecule has 0 saturated heterocycles. The second-order valence-electron chi connectivity index (χ2n) is 5.50. The number of benzene rings is 1. The predicted octanol–water partition coefficient (Wildman–Crippen LogP) is 3.42.